The number of hydrogen-bond donors (Lipinski definition) is 1. The van der Waals surface area contributed by atoms with Crippen LogP contribution in [0.1, 0.15) is 39.0 Å². The van der Waals surface area contributed by atoms with Crippen molar-refractivity contribution in [3.63, 3.8) is 0 Å². The van der Waals surface area contributed by atoms with Crippen LogP contribution in [0, 0.1) is 5.92 Å². The topological polar surface area (TPSA) is 55.4 Å². The van der Waals surface area contributed by atoms with E-state index in [1.165, 1.54) is 11.8 Å². The highest BCUT2D eigenvalue weighted by Crippen LogP contribution is 2.25. The van der Waals surface area contributed by atoms with Gasteiger partial charge in [-0.15, -0.1) is 0 Å². The number of hydrogen-bond acceptors (Lipinski definition) is 4. The first-order valence-electron chi connectivity index (χ1n) is 6.57. The summed E-state index contributed by atoms with van der Waals surface area (Å²) in [5.74, 6) is 0.769. The van der Waals surface area contributed by atoms with Crippen LogP contribution in [0.25, 0.3) is 0 Å². The van der Waals surface area contributed by atoms with Crippen LogP contribution in [0.5, 0.6) is 0 Å². The highest BCUT2D eigenvalue weighted by atomic mass is 127. The van der Waals surface area contributed by atoms with E-state index >= 15 is 0 Å². The van der Waals surface area contributed by atoms with Gasteiger partial charge in [0.15, 0.2) is 0 Å². The lowest BCUT2D eigenvalue weighted by Gasteiger charge is -2.25. The molecule has 108 valence electrons. The molecule has 0 fully saturated rings. The quantitative estimate of drug-likeness (QED) is 0.339. The maximum Gasteiger partial charge on any atom is 0.367 e. The van der Waals surface area contributed by atoms with E-state index in [0.29, 0.717) is 12.2 Å². The van der Waals surface area contributed by atoms with E-state index in [1.54, 1.807) is 0 Å². The lowest BCUT2D eigenvalue weighted by atomic mass is 9.89. The Morgan fingerprint density at radius 3 is 2.95 bits per heavy atom. The van der Waals surface area contributed by atoms with Gasteiger partial charge in [0.25, 0.3) is 0 Å². The molecular weight excluding hydrogens is 377 g/mol. The number of ether oxygens (including phenoxy) is 1. The molecule has 0 aliphatic heterocycles. The fourth-order valence-corrected chi connectivity index (χ4v) is 2.75. The molecule has 0 saturated heterocycles. The summed E-state index contributed by atoms with van der Waals surface area (Å²) in [7, 11) is 0. The summed E-state index contributed by atoms with van der Waals surface area (Å²) in [5, 5.41) is -0.252. The molecule has 0 aromatic rings. The van der Waals surface area contributed by atoms with Gasteiger partial charge >= 0.3 is 5.30 Å². The average molecular weight is 397 g/mol. The Morgan fingerprint density at radius 2 is 2.26 bits per heavy atom. The molecule has 0 heterocycles. The van der Waals surface area contributed by atoms with Crippen molar-refractivity contribution >= 4 is 45.8 Å². The Morgan fingerprint density at radius 1 is 1.47 bits per heavy atom. The highest BCUT2D eigenvalue weighted by Gasteiger charge is 2.26. The van der Waals surface area contributed by atoms with Gasteiger partial charge in [-0.05, 0) is 37.1 Å². The molecule has 1 N–H and O–H groups in total. The molecule has 0 bridgehead atoms. The lowest BCUT2D eigenvalue weighted by Crippen LogP contribution is -2.29. The molecule has 0 aromatic heterocycles. The summed E-state index contributed by atoms with van der Waals surface area (Å²) in [6.45, 7) is 1.92. The van der Waals surface area contributed by atoms with Gasteiger partial charge in [0.1, 0.15) is 6.10 Å². The summed E-state index contributed by atoms with van der Waals surface area (Å²) in [6, 6.07) is 0. The molecule has 2 unspecified atom stereocenters. The van der Waals surface area contributed by atoms with E-state index in [0.717, 1.165) is 25.7 Å². The molecule has 6 heteroatoms. The minimum absolute atomic E-state index is 0.0104. The number of allylic oxidation sites excluding steroid dienone is 1. The Hall–Kier alpha value is -0.240. The first-order valence-corrected chi connectivity index (χ1v) is 8.63. The Labute approximate surface area is 132 Å². The van der Waals surface area contributed by atoms with E-state index in [1.807, 2.05) is 35.9 Å². The van der Waals surface area contributed by atoms with Crippen LogP contribution in [0.15, 0.2) is 12.2 Å². The Kier molecular flexibility index (Phi) is 8.52. The molecule has 0 saturated carbocycles. The summed E-state index contributed by atoms with van der Waals surface area (Å²) in [6.07, 6.45) is 8.26. The third-order valence-electron chi connectivity index (χ3n) is 3.03. The van der Waals surface area contributed by atoms with Crippen LogP contribution < -0.4 is 3.53 Å². The summed E-state index contributed by atoms with van der Waals surface area (Å²) >= 11 is 3.01. The van der Waals surface area contributed by atoms with Crippen LogP contribution in [0.2, 0.25) is 0 Å². The SMILES string of the molecule is CCSC(=O)OC1/C=C/CCCCC1CC(=O)NI. The smallest absolute Gasteiger partial charge is 0.367 e. The van der Waals surface area contributed by atoms with Crippen LogP contribution >= 0.6 is 34.6 Å². The van der Waals surface area contributed by atoms with Crippen LogP contribution in [0.4, 0.5) is 4.79 Å². The number of thioether (sulfide) groups is 1. The Balaban J connectivity index is 2.68. The average Bonchev–Trinajstić information content (AvgIpc) is 2.37. The fourth-order valence-electron chi connectivity index (χ4n) is 2.11. The van der Waals surface area contributed by atoms with E-state index < -0.39 is 0 Å². The summed E-state index contributed by atoms with van der Waals surface area (Å²) < 4.78 is 8.09. The molecule has 19 heavy (non-hydrogen) atoms. The monoisotopic (exact) mass is 397 g/mol. The van der Waals surface area contributed by atoms with Gasteiger partial charge in [-0.1, -0.05) is 19.4 Å². The maximum atomic E-state index is 11.6. The van der Waals surface area contributed by atoms with Crippen molar-refractivity contribution < 1.29 is 14.3 Å². The van der Waals surface area contributed by atoms with Crippen molar-refractivity contribution in [2.75, 3.05) is 5.75 Å². The van der Waals surface area contributed by atoms with Gasteiger partial charge in [-0.3, -0.25) is 8.32 Å². The highest BCUT2D eigenvalue weighted by molar-refractivity contribution is 14.1. The van der Waals surface area contributed by atoms with Crippen molar-refractivity contribution in [1.29, 1.82) is 0 Å². The summed E-state index contributed by atoms with van der Waals surface area (Å²) in [4.78, 5) is 23.2. The predicted octanol–water partition coefficient (Wildman–Crippen LogP) is 3.85. The molecule has 1 rings (SSSR count). The van der Waals surface area contributed by atoms with Crippen molar-refractivity contribution in [3.05, 3.63) is 12.2 Å². The van der Waals surface area contributed by atoms with Crippen LogP contribution in [-0.4, -0.2) is 23.1 Å². The minimum atomic E-state index is -0.277. The maximum absolute atomic E-state index is 11.6. The van der Waals surface area contributed by atoms with Crippen LogP contribution in [-0.2, 0) is 9.53 Å². The molecule has 0 aromatic carbocycles. The normalized spacial score (nSPS) is 24.9. The van der Waals surface area contributed by atoms with Gasteiger partial charge in [0, 0.05) is 18.1 Å². The largest absolute Gasteiger partial charge is 0.450 e. The summed E-state index contributed by atoms with van der Waals surface area (Å²) in [5.41, 5.74) is 0. The zero-order valence-corrected chi connectivity index (χ0v) is 14.0. The van der Waals surface area contributed by atoms with Gasteiger partial charge in [-0.25, -0.2) is 4.79 Å². The van der Waals surface area contributed by atoms with Gasteiger partial charge < -0.3 is 4.74 Å². The number of rotatable bonds is 4. The molecule has 1 aliphatic rings. The van der Waals surface area contributed by atoms with Crippen molar-refractivity contribution in [2.24, 2.45) is 5.92 Å². The third kappa shape index (κ3) is 6.65. The van der Waals surface area contributed by atoms with E-state index in [-0.39, 0.29) is 23.2 Å². The third-order valence-corrected chi connectivity index (χ3v) is 4.26. The molecule has 2 atom stereocenters. The predicted molar refractivity (Wildman–Crippen MR) is 86.3 cm³/mol. The lowest BCUT2D eigenvalue weighted by molar-refractivity contribution is -0.120. The fraction of sp³-hybridized carbons (Fsp3) is 0.692. The van der Waals surface area contributed by atoms with Gasteiger partial charge in [0.05, 0.1) is 22.9 Å². The zero-order chi connectivity index (χ0) is 14.1. The number of carbonyl (C=O) groups excluding carboxylic acids is 2. The number of amides is 1. The first kappa shape index (κ1) is 16.8. The van der Waals surface area contributed by atoms with E-state index in [4.69, 9.17) is 4.74 Å². The second-order valence-electron chi connectivity index (χ2n) is 4.46. The standard InChI is InChI=1S/C13H20INO3S/c1-2-19-13(17)18-11-8-6-4-3-5-7-10(11)9-12(16)15-14/h6,8,10-11H,2-5,7,9H2,1H3,(H,15,16)/b8-6+. The number of nitrogens with one attached hydrogen (secondary N) is 1. The molecule has 0 radical (unpaired) electrons. The minimum Gasteiger partial charge on any atom is -0.450 e. The van der Waals surface area contributed by atoms with E-state index in [2.05, 4.69) is 9.61 Å². The molecule has 4 nitrogen and oxygen atoms in total. The zero-order valence-electron chi connectivity index (χ0n) is 11.1. The molecule has 0 spiro atoms. The Bertz CT molecular complexity index is 336. The van der Waals surface area contributed by atoms with Gasteiger partial charge in [-0.2, -0.15) is 0 Å². The molecule has 1 amide bonds. The van der Waals surface area contributed by atoms with Crippen molar-refractivity contribution in [2.45, 2.75) is 45.1 Å². The van der Waals surface area contributed by atoms with E-state index in [9.17, 15) is 9.59 Å². The van der Waals surface area contributed by atoms with Crippen LogP contribution in [0.3, 0.4) is 0 Å². The van der Waals surface area contributed by atoms with Gasteiger partial charge in [0.2, 0.25) is 5.91 Å². The number of halogens is 1. The number of carbonyl (C=O) groups is 2. The van der Waals surface area contributed by atoms with Crippen molar-refractivity contribution in [1.82, 2.24) is 3.53 Å². The molecular formula is C13H20INO3S. The molecule has 1 aliphatic carbocycles. The first-order chi connectivity index (χ1) is 9.17. The second-order valence-corrected chi connectivity index (χ2v) is 6.20. The van der Waals surface area contributed by atoms with Crippen molar-refractivity contribution in [3.8, 4) is 0 Å². The second kappa shape index (κ2) is 9.63.